The maximum Gasteiger partial charge on any atom is 0.275 e. The number of non-ortho nitro benzene ring substituents is 1. The van der Waals surface area contributed by atoms with Crippen LogP contribution in [-0.4, -0.2) is 24.9 Å². The highest BCUT2D eigenvalue weighted by Gasteiger charge is 2.31. The van der Waals surface area contributed by atoms with Crippen molar-refractivity contribution >= 4 is 17.3 Å². The quantitative estimate of drug-likeness (QED) is 0.375. The Kier molecular flexibility index (Phi) is 1.77. The van der Waals surface area contributed by atoms with Crippen LogP contribution in [0.15, 0.2) is 23.3 Å². The molecule has 15 heavy (non-hydrogen) atoms. The van der Waals surface area contributed by atoms with E-state index in [-0.39, 0.29) is 16.2 Å². The van der Waals surface area contributed by atoms with Crippen molar-refractivity contribution in [1.29, 1.82) is 0 Å². The van der Waals surface area contributed by atoms with Crippen molar-refractivity contribution in [3.8, 4) is 0 Å². The summed E-state index contributed by atoms with van der Waals surface area (Å²) in [6, 6.07) is 4.16. The average molecular weight is 207 g/mol. The largest absolute Gasteiger partial charge is 0.854 e. The average Bonchev–Trinajstić information content (AvgIpc) is 2.37. The molecule has 0 bridgehead atoms. The van der Waals surface area contributed by atoms with Crippen LogP contribution in [0.2, 0.25) is 0 Å². The molecule has 0 saturated carbocycles. The van der Waals surface area contributed by atoms with Gasteiger partial charge in [-0.15, -0.1) is 0 Å². The van der Waals surface area contributed by atoms with Gasteiger partial charge in [0.1, 0.15) is 0 Å². The number of hydrogen-bond donors (Lipinski definition) is 0. The summed E-state index contributed by atoms with van der Waals surface area (Å²) in [5.41, 5.74) is 0.977. The van der Waals surface area contributed by atoms with Crippen LogP contribution >= 0.6 is 0 Å². The monoisotopic (exact) mass is 207 g/mol. The van der Waals surface area contributed by atoms with Gasteiger partial charge in [0.25, 0.3) is 5.69 Å². The lowest BCUT2D eigenvalue weighted by Gasteiger charge is -2.17. The fraction of sp³-hybridized carbons (Fsp3) is 0.222. The zero-order chi connectivity index (χ0) is 11.2. The minimum Gasteiger partial charge on any atom is -0.854 e. The van der Waals surface area contributed by atoms with E-state index in [0.717, 1.165) is 0 Å². The van der Waals surface area contributed by atoms with Crippen molar-refractivity contribution in [1.82, 2.24) is 4.59 Å². The van der Waals surface area contributed by atoms with Gasteiger partial charge < -0.3 is 5.11 Å². The molecule has 0 saturated heterocycles. The molecule has 0 fully saturated rings. The Bertz CT molecular complexity index is 479. The summed E-state index contributed by atoms with van der Waals surface area (Å²) in [6.07, 6.45) is 0. The van der Waals surface area contributed by atoms with Gasteiger partial charge in [-0.3, -0.25) is 10.1 Å². The number of nitrogens with zero attached hydrogens (tertiary/aromatic N) is 3. The van der Waals surface area contributed by atoms with Gasteiger partial charge in [-0.25, -0.2) is 0 Å². The summed E-state index contributed by atoms with van der Waals surface area (Å²) in [5, 5.41) is 25.9. The number of benzene rings is 1. The third-order valence-corrected chi connectivity index (χ3v) is 2.35. The minimum atomic E-state index is -0.483. The molecule has 6 heteroatoms. The summed E-state index contributed by atoms with van der Waals surface area (Å²) in [6.45, 7) is 0. The second kappa shape index (κ2) is 2.77. The van der Waals surface area contributed by atoms with Gasteiger partial charge in [0.15, 0.2) is 5.69 Å². The van der Waals surface area contributed by atoms with Crippen LogP contribution < -0.4 is 9.70 Å². The van der Waals surface area contributed by atoms with E-state index in [1.165, 1.54) is 18.2 Å². The molecule has 0 aliphatic carbocycles. The highest BCUT2D eigenvalue weighted by atomic mass is 16.6. The van der Waals surface area contributed by atoms with Crippen molar-refractivity contribution in [2.45, 2.75) is 0 Å². The fourth-order valence-corrected chi connectivity index (χ4v) is 1.60. The summed E-state index contributed by atoms with van der Waals surface area (Å²) < 4.78 is 0.00977. The standard InChI is InChI=1S/C9H9N3O3/c1-12(2)8-5-6(11(14)15)3-4-7(8)9(13)10-12/h3-5H,1-2H3. The lowest BCUT2D eigenvalue weighted by Crippen LogP contribution is -2.32. The number of hydrogen-bond acceptors (Lipinski definition) is 4. The van der Waals surface area contributed by atoms with Crippen molar-refractivity contribution < 1.29 is 10.0 Å². The SMILES string of the molecule is C[N+]1(C)N=C([O-])c2ccc([N+](=O)[O-])cc21. The van der Waals surface area contributed by atoms with Crippen LogP contribution in [0.25, 0.3) is 0 Å². The second-order valence-electron chi connectivity index (χ2n) is 3.76. The van der Waals surface area contributed by atoms with E-state index in [9.17, 15) is 15.2 Å². The number of quaternary nitrogens is 1. The smallest absolute Gasteiger partial charge is 0.275 e. The lowest BCUT2D eigenvalue weighted by molar-refractivity contribution is -0.384. The Morgan fingerprint density at radius 3 is 2.67 bits per heavy atom. The van der Waals surface area contributed by atoms with E-state index < -0.39 is 4.92 Å². The molecule has 6 nitrogen and oxygen atoms in total. The van der Waals surface area contributed by atoms with E-state index in [1.54, 1.807) is 14.1 Å². The van der Waals surface area contributed by atoms with Crippen molar-refractivity contribution in [2.75, 3.05) is 14.1 Å². The Morgan fingerprint density at radius 2 is 2.07 bits per heavy atom. The molecule has 0 amide bonds. The molecule has 0 radical (unpaired) electrons. The molecule has 1 aliphatic heterocycles. The molecular formula is C9H9N3O3. The van der Waals surface area contributed by atoms with E-state index in [2.05, 4.69) is 5.10 Å². The lowest BCUT2D eigenvalue weighted by atomic mass is 10.1. The summed E-state index contributed by atoms with van der Waals surface area (Å²) in [4.78, 5) is 10.1. The zero-order valence-corrected chi connectivity index (χ0v) is 8.30. The van der Waals surface area contributed by atoms with Gasteiger partial charge in [0.05, 0.1) is 36.5 Å². The summed E-state index contributed by atoms with van der Waals surface area (Å²) >= 11 is 0. The minimum absolute atomic E-state index is 0.00977. The summed E-state index contributed by atoms with van der Waals surface area (Å²) in [5.74, 6) is -0.329. The van der Waals surface area contributed by atoms with E-state index in [4.69, 9.17) is 0 Å². The third-order valence-electron chi connectivity index (χ3n) is 2.35. The first-order chi connectivity index (χ1) is 6.92. The molecule has 0 aromatic heterocycles. The number of fused-ring (bicyclic) bond motifs is 1. The Balaban J connectivity index is 2.62. The maximum absolute atomic E-state index is 11.4. The Hall–Kier alpha value is -1.95. The van der Waals surface area contributed by atoms with Crippen LogP contribution in [-0.2, 0) is 0 Å². The fourth-order valence-electron chi connectivity index (χ4n) is 1.60. The number of nitro groups is 1. The normalized spacial score (nSPS) is 17.1. The van der Waals surface area contributed by atoms with Crippen LogP contribution in [0.1, 0.15) is 5.56 Å². The topological polar surface area (TPSA) is 78.6 Å². The van der Waals surface area contributed by atoms with Gasteiger partial charge in [-0.2, -0.15) is 4.59 Å². The van der Waals surface area contributed by atoms with Crippen LogP contribution in [0.4, 0.5) is 11.4 Å². The summed E-state index contributed by atoms with van der Waals surface area (Å²) in [7, 11) is 3.40. The van der Waals surface area contributed by atoms with Gasteiger partial charge in [-0.05, 0) is 6.07 Å². The molecule has 1 aromatic rings. The van der Waals surface area contributed by atoms with Crippen molar-refractivity contribution in [3.05, 3.63) is 33.9 Å². The van der Waals surface area contributed by atoms with Gasteiger partial charge in [0.2, 0.25) is 0 Å². The highest BCUT2D eigenvalue weighted by Crippen LogP contribution is 2.33. The molecule has 0 atom stereocenters. The molecule has 1 heterocycles. The van der Waals surface area contributed by atoms with Gasteiger partial charge in [0, 0.05) is 6.07 Å². The number of nitro benzene ring substituents is 1. The van der Waals surface area contributed by atoms with Crippen LogP contribution in [0.3, 0.4) is 0 Å². The van der Waals surface area contributed by atoms with Crippen molar-refractivity contribution in [3.63, 3.8) is 0 Å². The second-order valence-corrected chi connectivity index (χ2v) is 3.76. The maximum atomic E-state index is 11.4. The molecule has 1 aliphatic rings. The molecule has 1 aromatic carbocycles. The molecular weight excluding hydrogens is 198 g/mol. The predicted molar refractivity (Wildman–Crippen MR) is 53.3 cm³/mol. The molecule has 0 N–H and O–H groups in total. The van der Waals surface area contributed by atoms with Crippen LogP contribution in [0.5, 0.6) is 0 Å². The Morgan fingerprint density at radius 1 is 1.40 bits per heavy atom. The van der Waals surface area contributed by atoms with Gasteiger partial charge >= 0.3 is 0 Å². The van der Waals surface area contributed by atoms with E-state index >= 15 is 0 Å². The van der Waals surface area contributed by atoms with Gasteiger partial charge in [-0.1, -0.05) is 5.10 Å². The third kappa shape index (κ3) is 1.35. The first-order valence-corrected chi connectivity index (χ1v) is 4.32. The van der Waals surface area contributed by atoms with Crippen LogP contribution in [0, 0.1) is 10.1 Å². The number of rotatable bonds is 1. The first-order valence-electron chi connectivity index (χ1n) is 4.32. The molecule has 0 spiro atoms. The molecule has 0 unspecified atom stereocenters. The molecule has 78 valence electrons. The Labute approximate surface area is 85.8 Å². The van der Waals surface area contributed by atoms with E-state index in [1.807, 2.05) is 0 Å². The highest BCUT2D eigenvalue weighted by molar-refractivity contribution is 5.99. The van der Waals surface area contributed by atoms with E-state index in [0.29, 0.717) is 11.3 Å². The molecule has 2 rings (SSSR count). The first kappa shape index (κ1) is 9.60. The zero-order valence-electron chi connectivity index (χ0n) is 8.30. The van der Waals surface area contributed by atoms with Crippen molar-refractivity contribution in [2.24, 2.45) is 5.10 Å². The predicted octanol–water partition coefficient (Wildman–Crippen LogP) is 0.197.